The van der Waals surface area contributed by atoms with Crippen molar-refractivity contribution in [2.45, 2.75) is 13.0 Å². The van der Waals surface area contributed by atoms with E-state index in [4.69, 9.17) is 16.3 Å². The van der Waals surface area contributed by atoms with E-state index in [9.17, 15) is 4.79 Å². The van der Waals surface area contributed by atoms with Gasteiger partial charge in [-0.2, -0.15) is 0 Å². The Morgan fingerprint density at radius 3 is 2.89 bits per heavy atom. The third-order valence-corrected chi connectivity index (χ3v) is 5.43. The summed E-state index contributed by atoms with van der Waals surface area (Å²) < 4.78 is 5.65. The predicted octanol–water partition coefficient (Wildman–Crippen LogP) is 4.46. The zero-order chi connectivity index (χ0) is 18.8. The van der Waals surface area contributed by atoms with Gasteiger partial charge in [0.1, 0.15) is 5.75 Å². The van der Waals surface area contributed by atoms with Crippen LogP contribution in [0.2, 0.25) is 5.02 Å². The molecule has 2 heterocycles. The largest absolute Gasteiger partial charge is 0.481 e. The van der Waals surface area contributed by atoms with Gasteiger partial charge in [0.15, 0.2) is 11.3 Å². The Labute approximate surface area is 167 Å². The van der Waals surface area contributed by atoms with Crippen molar-refractivity contribution in [2.24, 2.45) is 4.99 Å². The minimum absolute atomic E-state index is 0.215. The van der Waals surface area contributed by atoms with Gasteiger partial charge in [0.25, 0.3) is 5.91 Å². The monoisotopic (exact) mass is 399 g/mol. The molecular formula is C20H18ClN3O2S. The first-order valence-electron chi connectivity index (χ1n) is 8.62. The van der Waals surface area contributed by atoms with Crippen LogP contribution in [0.25, 0.3) is 5.70 Å². The predicted molar refractivity (Wildman–Crippen MR) is 111 cm³/mol. The maximum atomic E-state index is 12.4. The number of benzene rings is 2. The van der Waals surface area contributed by atoms with Crippen LogP contribution < -0.4 is 10.1 Å². The topological polar surface area (TPSA) is 53.9 Å². The second kappa shape index (κ2) is 7.66. The van der Waals surface area contributed by atoms with Crippen LogP contribution in [0.4, 0.5) is 5.69 Å². The van der Waals surface area contributed by atoms with Gasteiger partial charge in [-0.3, -0.25) is 9.79 Å². The molecule has 27 heavy (non-hydrogen) atoms. The van der Waals surface area contributed by atoms with Crippen molar-refractivity contribution < 1.29 is 9.53 Å². The Balaban J connectivity index is 1.38. The molecule has 2 aromatic rings. The molecule has 1 unspecified atom stereocenters. The van der Waals surface area contributed by atoms with E-state index in [0.717, 1.165) is 35.2 Å². The summed E-state index contributed by atoms with van der Waals surface area (Å²) in [5.74, 6) is 0.349. The summed E-state index contributed by atoms with van der Waals surface area (Å²) in [6.07, 6.45) is -0.638. The zero-order valence-corrected chi connectivity index (χ0v) is 16.3. The van der Waals surface area contributed by atoms with Gasteiger partial charge in [0, 0.05) is 22.7 Å². The van der Waals surface area contributed by atoms with Gasteiger partial charge in [-0.25, -0.2) is 0 Å². The molecule has 0 fully saturated rings. The summed E-state index contributed by atoms with van der Waals surface area (Å²) in [4.78, 5) is 19.1. The molecule has 0 saturated heterocycles. The van der Waals surface area contributed by atoms with E-state index in [1.165, 1.54) is 0 Å². The minimum Gasteiger partial charge on any atom is -0.481 e. The number of fused-ring (bicyclic) bond motifs is 1. The van der Waals surface area contributed by atoms with Crippen LogP contribution in [0.3, 0.4) is 0 Å². The summed E-state index contributed by atoms with van der Waals surface area (Å²) in [5.41, 5.74) is 2.99. The summed E-state index contributed by atoms with van der Waals surface area (Å²) in [5, 5.41) is 6.63. The summed E-state index contributed by atoms with van der Waals surface area (Å²) in [6, 6.07) is 14.8. The van der Waals surface area contributed by atoms with Crippen LogP contribution in [0, 0.1) is 0 Å². The zero-order valence-electron chi connectivity index (χ0n) is 14.7. The molecule has 0 radical (unpaired) electrons. The summed E-state index contributed by atoms with van der Waals surface area (Å²) >= 11 is 7.60. The average Bonchev–Trinajstić information content (AvgIpc) is 3.26. The van der Waals surface area contributed by atoms with Gasteiger partial charge in [0.2, 0.25) is 0 Å². The van der Waals surface area contributed by atoms with Crippen LogP contribution in [0.5, 0.6) is 5.75 Å². The Morgan fingerprint density at radius 1 is 1.30 bits per heavy atom. The number of hydrogen-bond acceptors (Lipinski definition) is 5. The third kappa shape index (κ3) is 3.96. The Bertz CT molecular complexity index is 927. The van der Waals surface area contributed by atoms with Crippen molar-refractivity contribution in [3.63, 3.8) is 0 Å². The maximum absolute atomic E-state index is 12.4. The van der Waals surface area contributed by atoms with Gasteiger partial charge in [0.05, 0.1) is 12.2 Å². The highest BCUT2D eigenvalue weighted by Gasteiger charge is 2.27. The van der Waals surface area contributed by atoms with Crippen molar-refractivity contribution in [1.29, 1.82) is 0 Å². The van der Waals surface area contributed by atoms with E-state index in [0.29, 0.717) is 10.8 Å². The van der Waals surface area contributed by atoms with E-state index in [1.54, 1.807) is 43.0 Å². The molecule has 0 aromatic heterocycles. The molecular weight excluding hydrogens is 382 g/mol. The van der Waals surface area contributed by atoms with Crippen molar-refractivity contribution in [3.8, 4) is 5.75 Å². The van der Waals surface area contributed by atoms with Gasteiger partial charge in [-0.15, -0.1) is 0 Å². The number of nitrogens with zero attached hydrogens (tertiary/aromatic N) is 2. The molecule has 5 nitrogen and oxygen atoms in total. The van der Waals surface area contributed by atoms with Crippen molar-refractivity contribution in [3.05, 3.63) is 64.5 Å². The van der Waals surface area contributed by atoms with Crippen molar-refractivity contribution >= 4 is 45.8 Å². The number of carbonyl (C=O) groups is 1. The van der Waals surface area contributed by atoms with Crippen LogP contribution in [-0.2, 0) is 4.79 Å². The molecule has 7 heteroatoms. The number of hydrogen-bond donors (Lipinski definition) is 1. The van der Waals surface area contributed by atoms with Crippen molar-refractivity contribution in [2.75, 3.05) is 18.4 Å². The quantitative estimate of drug-likeness (QED) is 0.806. The lowest BCUT2D eigenvalue weighted by atomic mass is 10.1. The molecule has 2 aromatic carbocycles. The second-order valence-electron chi connectivity index (χ2n) is 6.22. The Hall–Kier alpha value is -2.44. The highest BCUT2D eigenvalue weighted by atomic mass is 35.5. The fourth-order valence-electron chi connectivity index (χ4n) is 2.91. The lowest BCUT2D eigenvalue weighted by Crippen LogP contribution is -2.30. The molecule has 0 saturated carbocycles. The number of carbonyl (C=O) groups excluding carboxylic acids is 1. The molecule has 1 atom stereocenters. The standard InChI is InChI=1S/C20H18ClN3O2S/c1-13(26-17-4-2-3-15(21)11-17)19(25)23-16-7-5-14(6-8-16)18-12-27-20-22-9-10-24(18)20/h2-8,11-13H,9-10H2,1H3,(H,23,25). The van der Waals surface area contributed by atoms with Crippen LogP contribution >= 0.6 is 23.4 Å². The number of amides is 1. The molecule has 0 bridgehead atoms. The average molecular weight is 400 g/mol. The highest BCUT2D eigenvalue weighted by molar-refractivity contribution is 8.16. The SMILES string of the molecule is CC(Oc1cccc(Cl)c1)C(=O)Nc1ccc(C2=CSC3=NCCN23)cc1. The van der Waals surface area contributed by atoms with Crippen LogP contribution in [0.1, 0.15) is 12.5 Å². The Kier molecular flexibility index (Phi) is 5.09. The number of ether oxygens (including phenoxy) is 1. The van der Waals surface area contributed by atoms with E-state index in [1.807, 2.05) is 24.3 Å². The lowest BCUT2D eigenvalue weighted by molar-refractivity contribution is -0.122. The molecule has 0 spiro atoms. The fraction of sp³-hybridized carbons (Fsp3) is 0.200. The second-order valence-corrected chi connectivity index (χ2v) is 7.49. The van der Waals surface area contributed by atoms with Gasteiger partial charge < -0.3 is 15.0 Å². The number of thioether (sulfide) groups is 1. The first-order chi connectivity index (χ1) is 13.1. The van der Waals surface area contributed by atoms with E-state index in [-0.39, 0.29) is 5.91 Å². The normalized spacial score (nSPS) is 16.4. The summed E-state index contributed by atoms with van der Waals surface area (Å²) in [7, 11) is 0. The van der Waals surface area contributed by atoms with Gasteiger partial charge in [-0.05, 0) is 42.8 Å². The van der Waals surface area contributed by atoms with E-state index < -0.39 is 6.10 Å². The highest BCUT2D eigenvalue weighted by Crippen LogP contribution is 2.35. The number of halogens is 1. The molecule has 0 aliphatic carbocycles. The van der Waals surface area contributed by atoms with Crippen LogP contribution in [-0.4, -0.2) is 35.2 Å². The number of aliphatic imine (C=N–C) groups is 1. The molecule has 2 aliphatic heterocycles. The molecule has 4 rings (SSSR count). The third-order valence-electron chi connectivity index (χ3n) is 4.29. The molecule has 2 aliphatic rings. The number of amidine groups is 1. The first-order valence-corrected chi connectivity index (χ1v) is 9.88. The minimum atomic E-state index is -0.638. The smallest absolute Gasteiger partial charge is 0.265 e. The fourth-order valence-corrected chi connectivity index (χ4v) is 4.06. The molecule has 1 N–H and O–H groups in total. The summed E-state index contributed by atoms with van der Waals surface area (Å²) in [6.45, 7) is 3.47. The Morgan fingerprint density at radius 2 is 2.11 bits per heavy atom. The van der Waals surface area contributed by atoms with Crippen LogP contribution in [0.15, 0.2) is 58.9 Å². The van der Waals surface area contributed by atoms with E-state index >= 15 is 0 Å². The first kappa shape index (κ1) is 17.9. The number of nitrogens with one attached hydrogen (secondary N) is 1. The van der Waals surface area contributed by atoms with Gasteiger partial charge in [-0.1, -0.05) is 41.6 Å². The maximum Gasteiger partial charge on any atom is 0.265 e. The number of rotatable bonds is 5. The number of anilines is 1. The lowest BCUT2D eigenvalue weighted by Gasteiger charge is -2.17. The van der Waals surface area contributed by atoms with Crippen molar-refractivity contribution in [1.82, 2.24) is 4.90 Å². The molecule has 138 valence electrons. The van der Waals surface area contributed by atoms with E-state index in [2.05, 4.69) is 20.6 Å². The van der Waals surface area contributed by atoms with Gasteiger partial charge >= 0.3 is 0 Å². The molecule has 1 amide bonds.